The van der Waals surface area contributed by atoms with E-state index in [0.29, 0.717) is 5.41 Å². The summed E-state index contributed by atoms with van der Waals surface area (Å²) in [4.78, 5) is 0. The van der Waals surface area contributed by atoms with Crippen LogP contribution in [0.15, 0.2) is 0 Å². The molecule has 46 valence electrons. The van der Waals surface area contributed by atoms with E-state index < -0.39 is 0 Å². The monoisotopic (exact) mass is 112 g/mol. The van der Waals surface area contributed by atoms with Crippen molar-refractivity contribution in [2.45, 2.75) is 32.3 Å². The predicted molar refractivity (Wildman–Crippen MR) is 31.5 cm³/mol. The lowest BCUT2D eigenvalue weighted by molar-refractivity contribution is 0.160. The van der Waals surface area contributed by atoms with Gasteiger partial charge in [0, 0.05) is 0 Å². The standard InChI is InChI=1S/C7H12O/c1-7-3-5(7)2-6(8)4-7/h5-6,8H,2-4H2,1H3/t5-,6-,7-/m0/s1. The zero-order valence-corrected chi connectivity index (χ0v) is 5.22. The van der Waals surface area contributed by atoms with Gasteiger partial charge in [-0.05, 0) is 30.6 Å². The molecule has 0 unspecified atom stereocenters. The van der Waals surface area contributed by atoms with E-state index in [1.807, 2.05) is 0 Å². The zero-order chi connectivity index (χ0) is 5.78. The summed E-state index contributed by atoms with van der Waals surface area (Å²) in [5, 5.41) is 9.10. The molecule has 0 radical (unpaired) electrons. The Hall–Kier alpha value is -0.0400. The molecule has 2 aliphatic carbocycles. The van der Waals surface area contributed by atoms with Crippen LogP contribution < -0.4 is 0 Å². The highest BCUT2D eigenvalue weighted by Crippen LogP contribution is 2.62. The van der Waals surface area contributed by atoms with Gasteiger partial charge in [-0.2, -0.15) is 0 Å². The lowest BCUT2D eigenvalue weighted by Gasteiger charge is -2.03. The van der Waals surface area contributed by atoms with E-state index in [9.17, 15) is 0 Å². The molecule has 0 heterocycles. The van der Waals surface area contributed by atoms with Gasteiger partial charge in [-0.1, -0.05) is 6.92 Å². The van der Waals surface area contributed by atoms with Crippen LogP contribution in [0.4, 0.5) is 0 Å². The van der Waals surface area contributed by atoms with Crippen molar-refractivity contribution in [2.75, 3.05) is 0 Å². The average molecular weight is 112 g/mol. The molecule has 1 heteroatoms. The molecule has 2 rings (SSSR count). The molecular weight excluding hydrogens is 100 g/mol. The van der Waals surface area contributed by atoms with Gasteiger partial charge in [0.1, 0.15) is 0 Å². The van der Waals surface area contributed by atoms with Crippen LogP contribution in [0.2, 0.25) is 0 Å². The lowest BCUT2D eigenvalue weighted by Crippen LogP contribution is -2.03. The molecule has 0 aromatic heterocycles. The van der Waals surface area contributed by atoms with Crippen molar-refractivity contribution in [3.05, 3.63) is 0 Å². The van der Waals surface area contributed by atoms with Crippen molar-refractivity contribution >= 4 is 0 Å². The van der Waals surface area contributed by atoms with E-state index in [2.05, 4.69) is 6.92 Å². The Morgan fingerprint density at radius 1 is 1.50 bits per heavy atom. The molecule has 0 spiro atoms. The topological polar surface area (TPSA) is 20.2 Å². The first-order chi connectivity index (χ1) is 3.71. The lowest BCUT2D eigenvalue weighted by atomic mass is 10.1. The Bertz CT molecular complexity index is 122. The molecule has 3 atom stereocenters. The van der Waals surface area contributed by atoms with Crippen molar-refractivity contribution < 1.29 is 5.11 Å². The second-order valence-electron chi connectivity index (χ2n) is 3.65. The van der Waals surface area contributed by atoms with Gasteiger partial charge in [0.2, 0.25) is 0 Å². The van der Waals surface area contributed by atoms with Crippen LogP contribution in [0, 0.1) is 11.3 Å². The van der Waals surface area contributed by atoms with E-state index >= 15 is 0 Å². The number of aliphatic hydroxyl groups excluding tert-OH is 1. The number of hydrogen-bond donors (Lipinski definition) is 1. The fraction of sp³-hybridized carbons (Fsp3) is 1.00. The number of hydrogen-bond acceptors (Lipinski definition) is 1. The molecule has 0 aromatic carbocycles. The van der Waals surface area contributed by atoms with Gasteiger partial charge in [-0.15, -0.1) is 0 Å². The van der Waals surface area contributed by atoms with Crippen molar-refractivity contribution in [3.8, 4) is 0 Å². The first-order valence-electron chi connectivity index (χ1n) is 3.39. The van der Waals surface area contributed by atoms with E-state index in [1.54, 1.807) is 0 Å². The Labute approximate surface area is 49.7 Å². The summed E-state index contributed by atoms with van der Waals surface area (Å²) in [6.07, 6.45) is 3.57. The third-order valence-corrected chi connectivity index (χ3v) is 2.80. The van der Waals surface area contributed by atoms with Crippen LogP contribution in [0.3, 0.4) is 0 Å². The summed E-state index contributed by atoms with van der Waals surface area (Å²) in [6.45, 7) is 2.29. The van der Waals surface area contributed by atoms with Gasteiger partial charge in [0.25, 0.3) is 0 Å². The highest BCUT2D eigenvalue weighted by Gasteiger charge is 2.56. The Balaban J connectivity index is 2.10. The molecule has 2 aliphatic rings. The van der Waals surface area contributed by atoms with Gasteiger partial charge in [-0.3, -0.25) is 0 Å². The highest BCUT2D eigenvalue weighted by molar-refractivity contribution is 5.06. The van der Waals surface area contributed by atoms with Crippen LogP contribution in [-0.2, 0) is 0 Å². The van der Waals surface area contributed by atoms with Gasteiger partial charge in [-0.25, -0.2) is 0 Å². The first kappa shape index (κ1) is 4.80. The zero-order valence-electron chi connectivity index (χ0n) is 5.22. The molecule has 0 saturated heterocycles. The van der Waals surface area contributed by atoms with Crippen LogP contribution in [-0.4, -0.2) is 11.2 Å². The first-order valence-corrected chi connectivity index (χ1v) is 3.39. The predicted octanol–water partition coefficient (Wildman–Crippen LogP) is 1.17. The third kappa shape index (κ3) is 0.455. The second-order valence-corrected chi connectivity index (χ2v) is 3.65. The minimum atomic E-state index is 0.0405. The largest absolute Gasteiger partial charge is 0.393 e. The molecule has 8 heavy (non-hydrogen) atoms. The quantitative estimate of drug-likeness (QED) is 0.498. The molecule has 2 fully saturated rings. The summed E-state index contributed by atoms with van der Waals surface area (Å²) in [7, 11) is 0. The fourth-order valence-electron chi connectivity index (χ4n) is 2.07. The van der Waals surface area contributed by atoms with Crippen LogP contribution in [0.25, 0.3) is 0 Å². The summed E-state index contributed by atoms with van der Waals surface area (Å²) in [5.74, 6) is 0.887. The second kappa shape index (κ2) is 1.10. The van der Waals surface area contributed by atoms with E-state index in [4.69, 9.17) is 5.11 Å². The molecule has 0 aliphatic heterocycles. The van der Waals surface area contributed by atoms with E-state index in [1.165, 1.54) is 6.42 Å². The number of fused-ring (bicyclic) bond motifs is 1. The minimum absolute atomic E-state index is 0.0405. The van der Waals surface area contributed by atoms with E-state index in [0.717, 1.165) is 18.8 Å². The number of aliphatic hydroxyl groups is 1. The highest BCUT2D eigenvalue weighted by atomic mass is 16.3. The minimum Gasteiger partial charge on any atom is -0.393 e. The third-order valence-electron chi connectivity index (χ3n) is 2.80. The Morgan fingerprint density at radius 2 is 2.25 bits per heavy atom. The van der Waals surface area contributed by atoms with Gasteiger partial charge >= 0.3 is 0 Å². The number of rotatable bonds is 0. The van der Waals surface area contributed by atoms with Crippen molar-refractivity contribution in [1.29, 1.82) is 0 Å². The van der Waals surface area contributed by atoms with Crippen molar-refractivity contribution in [1.82, 2.24) is 0 Å². The van der Waals surface area contributed by atoms with Gasteiger partial charge < -0.3 is 5.11 Å². The van der Waals surface area contributed by atoms with Crippen molar-refractivity contribution in [3.63, 3.8) is 0 Å². The summed E-state index contributed by atoms with van der Waals surface area (Å²) in [5.41, 5.74) is 0.583. The molecule has 0 amide bonds. The SMILES string of the molecule is C[C@]12C[C@@H](O)C[C@H]1C2. The maximum atomic E-state index is 9.10. The molecular formula is C7H12O. The fourth-order valence-corrected chi connectivity index (χ4v) is 2.07. The molecule has 2 saturated carbocycles. The Kier molecular flexibility index (Phi) is 0.663. The Morgan fingerprint density at radius 3 is 2.50 bits per heavy atom. The van der Waals surface area contributed by atoms with Crippen LogP contribution in [0.1, 0.15) is 26.2 Å². The summed E-state index contributed by atoms with van der Waals surface area (Å²) in [6, 6.07) is 0. The maximum absolute atomic E-state index is 9.10. The smallest absolute Gasteiger partial charge is 0.0548 e. The van der Waals surface area contributed by atoms with Crippen LogP contribution in [0.5, 0.6) is 0 Å². The molecule has 0 bridgehead atoms. The molecule has 1 N–H and O–H groups in total. The molecule has 1 nitrogen and oxygen atoms in total. The normalized spacial score (nSPS) is 60.8. The van der Waals surface area contributed by atoms with Gasteiger partial charge in [0.15, 0.2) is 0 Å². The van der Waals surface area contributed by atoms with Crippen LogP contribution >= 0.6 is 0 Å². The summed E-state index contributed by atoms with van der Waals surface area (Å²) >= 11 is 0. The maximum Gasteiger partial charge on any atom is 0.0548 e. The molecule has 0 aromatic rings. The van der Waals surface area contributed by atoms with E-state index in [-0.39, 0.29) is 6.10 Å². The average Bonchev–Trinajstić information content (AvgIpc) is 2.07. The van der Waals surface area contributed by atoms with Gasteiger partial charge in [0.05, 0.1) is 6.10 Å². The van der Waals surface area contributed by atoms with Crippen molar-refractivity contribution in [2.24, 2.45) is 11.3 Å². The summed E-state index contributed by atoms with van der Waals surface area (Å²) < 4.78 is 0.